The van der Waals surface area contributed by atoms with Crippen molar-refractivity contribution >= 4 is 16.9 Å². The van der Waals surface area contributed by atoms with E-state index in [1.165, 1.54) is 0 Å². The summed E-state index contributed by atoms with van der Waals surface area (Å²) in [6.07, 6.45) is 0. The predicted molar refractivity (Wildman–Crippen MR) is 96.0 cm³/mol. The molecule has 2 heterocycles. The summed E-state index contributed by atoms with van der Waals surface area (Å²) in [5.74, 6) is -0.136. The molecule has 130 valence electrons. The van der Waals surface area contributed by atoms with Crippen LogP contribution in [0.1, 0.15) is 27.3 Å². The van der Waals surface area contributed by atoms with E-state index in [0.29, 0.717) is 23.1 Å². The van der Waals surface area contributed by atoms with Gasteiger partial charge in [-0.05, 0) is 72.2 Å². The molecule has 1 N–H and O–H groups in total. The highest BCUT2D eigenvalue weighted by molar-refractivity contribution is 5.94. The molecule has 7 heteroatoms. The molecule has 0 aliphatic heterocycles. The lowest BCUT2D eigenvalue weighted by molar-refractivity contribution is 0.0951. The van der Waals surface area contributed by atoms with E-state index < -0.39 is 0 Å². The molecule has 0 aliphatic rings. The number of nitrogens with zero attached hydrogens (tertiary/aromatic N) is 4. The van der Waals surface area contributed by atoms with E-state index in [9.17, 15) is 4.79 Å². The maximum Gasteiger partial charge on any atom is 0.251 e. The molecule has 2 aromatic carbocycles. The molecule has 26 heavy (non-hydrogen) atoms. The van der Waals surface area contributed by atoms with Crippen molar-refractivity contribution in [1.29, 1.82) is 0 Å². The van der Waals surface area contributed by atoms with Gasteiger partial charge < -0.3 is 5.32 Å². The Bertz CT molecular complexity index is 1080. The monoisotopic (exact) mass is 347 g/mol. The van der Waals surface area contributed by atoms with E-state index in [0.717, 1.165) is 22.6 Å². The standard InChI is InChI=1S/C19H17N5O2/c1-12-9-13(2)24(21-12)16-6-4-15(5-7-16)19(25)20-11-14-3-8-17-18(10-14)23-26-22-17/h3-10H,11H2,1-2H3,(H,20,25). The Morgan fingerprint density at radius 1 is 1.04 bits per heavy atom. The van der Waals surface area contributed by atoms with Crippen LogP contribution in [0.25, 0.3) is 16.7 Å². The third-order valence-corrected chi connectivity index (χ3v) is 4.15. The van der Waals surface area contributed by atoms with Gasteiger partial charge in [-0.3, -0.25) is 4.79 Å². The van der Waals surface area contributed by atoms with E-state index in [2.05, 4.69) is 25.4 Å². The summed E-state index contributed by atoms with van der Waals surface area (Å²) in [6, 6.07) is 14.9. The fourth-order valence-electron chi connectivity index (χ4n) is 2.87. The van der Waals surface area contributed by atoms with E-state index in [-0.39, 0.29) is 5.91 Å². The summed E-state index contributed by atoms with van der Waals surface area (Å²) in [5, 5.41) is 14.9. The van der Waals surface area contributed by atoms with Crippen LogP contribution in [0.2, 0.25) is 0 Å². The molecule has 4 aromatic rings. The zero-order valence-corrected chi connectivity index (χ0v) is 14.4. The lowest BCUT2D eigenvalue weighted by atomic mass is 10.1. The summed E-state index contributed by atoms with van der Waals surface area (Å²) in [4.78, 5) is 12.4. The largest absolute Gasteiger partial charge is 0.348 e. The quantitative estimate of drug-likeness (QED) is 0.613. The SMILES string of the molecule is Cc1cc(C)n(-c2ccc(C(=O)NCc3ccc4nonc4c3)cc2)n1. The van der Waals surface area contributed by atoms with Crippen LogP contribution in [0, 0.1) is 13.8 Å². The number of aryl methyl sites for hydroxylation is 2. The van der Waals surface area contributed by atoms with Gasteiger partial charge in [0.05, 0.1) is 11.4 Å². The summed E-state index contributed by atoms with van der Waals surface area (Å²) >= 11 is 0. The molecule has 0 radical (unpaired) electrons. The van der Waals surface area contributed by atoms with Crippen LogP contribution in [0.4, 0.5) is 0 Å². The molecule has 0 saturated carbocycles. The van der Waals surface area contributed by atoms with Crippen molar-refractivity contribution in [3.8, 4) is 5.69 Å². The number of amides is 1. The maximum atomic E-state index is 12.4. The van der Waals surface area contributed by atoms with Crippen LogP contribution in [0.15, 0.2) is 53.2 Å². The molecule has 1 amide bonds. The van der Waals surface area contributed by atoms with Crippen molar-refractivity contribution in [3.63, 3.8) is 0 Å². The van der Waals surface area contributed by atoms with Gasteiger partial charge in [-0.25, -0.2) is 9.31 Å². The highest BCUT2D eigenvalue weighted by Gasteiger charge is 2.08. The number of aromatic nitrogens is 4. The number of carbonyl (C=O) groups excluding carboxylic acids is 1. The molecule has 2 aromatic heterocycles. The second-order valence-electron chi connectivity index (χ2n) is 6.16. The Labute approximate surface area is 149 Å². The minimum atomic E-state index is -0.136. The minimum absolute atomic E-state index is 0.136. The lowest BCUT2D eigenvalue weighted by Crippen LogP contribution is -2.22. The van der Waals surface area contributed by atoms with Crippen molar-refractivity contribution in [2.24, 2.45) is 0 Å². The molecule has 0 unspecified atom stereocenters. The highest BCUT2D eigenvalue weighted by atomic mass is 16.6. The number of rotatable bonds is 4. The smallest absolute Gasteiger partial charge is 0.251 e. The molecular weight excluding hydrogens is 330 g/mol. The van der Waals surface area contributed by atoms with Crippen LogP contribution in [-0.4, -0.2) is 26.0 Å². The average molecular weight is 347 g/mol. The van der Waals surface area contributed by atoms with Crippen LogP contribution in [0.3, 0.4) is 0 Å². The number of hydrogen-bond donors (Lipinski definition) is 1. The Hall–Kier alpha value is -3.48. The van der Waals surface area contributed by atoms with Gasteiger partial charge in [0.25, 0.3) is 5.91 Å². The minimum Gasteiger partial charge on any atom is -0.348 e. The van der Waals surface area contributed by atoms with Crippen molar-refractivity contribution in [2.75, 3.05) is 0 Å². The molecular formula is C19H17N5O2. The predicted octanol–water partition coefficient (Wildman–Crippen LogP) is 2.96. The van der Waals surface area contributed by atoms with Gasteiger partial charge in [-0.15, -0.1) is 0 Å². The second kappa shape index (κ2) is 6.44. The van der Waals surface area contributed by atoms with Gasteiger partial charge in [0, 0.05) is 17.8 Å². The topological polar surface area (TPSA) is 85.8 Å². The summed E-state index contributed by atoms with van der Waals surface area (Å²) in [5.41, 5.74) is 5.84. The van der Waals surface area contributed by atoms with Gasteiger partial charge in [-0.1, -0.05) is 6.07 Å². The fraction of sp³-hybridized carbons (Fsp3) is 0.158. The Balaban J connectivity index is 1.45. The fourth-order valence-corrected chi connectivity index (χ4v) is 2.87. The number of carbonyl (C=O) groups is 1. The number of fused-ring (bicyclic) bond motifs is 1. The Morgan fingerprint density at radius 2 is 1.81 bits per heavy atom. The molecule has 0 spiro atoms. The summed E-state index contributed by atoms with van der Waals surface area (Å²) in [6.45, 7) is 4.36. The molecule has 7 nitrogen and oxygen atoms in total. The first-order valence-corrected chi connectivity index (χ1v) is 8.23. The van der Waals surface area contributed by atoms with Crippen molar-refractivity contribution in [1.82, 2.24) is 25.4 Å². The summed E-state index contributed by atoms with van der Waals surface area (Å²) < 4.78 is 6.54. The third-order valence-electron chi connectivity index (χ3n) is 4.15. The molecule has 0 aliphatic carbocycles. The lowest BCUT2D eigenvalue weighted by Gasteiger charge is -2.08. The van der Waals surface area contributed by atoms with Gasteiger partial charge in [0.15, 0.2) is 0 Å². The van der Waals surface area contributed by atoms with E-state index >= 15 is 0 Å². The normalized spacial score (nSPS) is 11.0. The highest BCUT2D eigenvalue weighted by Crippen LogP contribution is 2.14. The second-order valence-corrected chi connectivity index (χ2v) is 6.16. The van der Waals surface area contributed by atoms with Gasteiger partial charge in [0.2, 0.25) is 0 Å². The molecule has 0 atom stereocenters. The van der Waals surface area contributed by atoms with E-state index in [1.54, 1.807) is 12.1 Å². The summed E-state index contributed by atoms with van der Waals surface area (Å²) in [7, 11) is 0. The van der Waals surface area contributed by atoms with Crippen LogP contribution in [0.5, 0.6) is 0 Å². The first kappa shape index (κ1) is 16.0. The average Bonchev–Trinajstić information content (AvgIpc) is 3.25. The Morgan fingerprint density at radius 3 is 2.54 bits per heavy atom. The third kappa shape index (κ3) is 3.06. The van der Waals surface area contributed by atoms with Crippen LogP contribution < -0.4 is 5.32 Å². The zero-order valence-electron chi connectivity index (χ0n) is 14.4. The first-order valence-electron chi connectivity index (χ1n) is 8.23. The van der Waals surface area contributed by atoms with Crippen molar-refractivity contribution in [2.45, 2.75) is 20.4 Å². The molecule has 0 bridgehead atoms. The number of benzene rings is 2. The van der Waals surface area contributed by atoms with Crippen LogP contribution >= 0.6 is 0 Å². The van der Waals surface area contributed by atoms with Crippen LogP contribution in [-0.2, 0) is 6.54 Å². The maximum absolute atomic E-state index is 12.4. The number of nitrogens with one attached hydrogen (secondary N) is 1. The van der Waals surface area contributed by atoms with Gasteiger partial charge in [0.1, 0.15) is 11.0 Å². The van der Waals surface area contributed by atoms with Crippen molar-refractivity contribution < 1.29 is 9.42 Å². The first-order chi connectivity index (χ1) is 12.6. The number of hydrogen-bond acceptors (Lipinski definition) is 5. The molecule has 0 fully saturated rings. The Kier molecular flexibility index (Phi) is 3.96. The molecule has 0 saturated heterocycles. The molecule has 4 rings (SSSR count). The van der Waals surface area contributed by atoms with Gasteiger partial charge >= 0.3 is 0 Å². The van der Waals surface area contributed by atoms with E-state index in [4.69, 9.17) is 0 Å². The van der Waals surface area contributed by atoms with E-state index in [1.807, 2.05) is 54.9 Å². The van der Waals surface area contributed by atoms with Crippen molar-refractivity contribution in [3.05, 3.63) is 71.0 Å². The zero-order chi connectivity index (χ0) is 18.1. The van der Waals surface area contributed by atoms with Gasteiger partial charge in [-0.2, -0.15) is 5.10 Å².